The Labute approximate surface area is 116 Å². The molecule has 18 heavy (non-hydrogen) atoms. The Kier molecular flexibility index (Phi) is 5.33. The highest BCUT2D eigenvalue weighted by atomic mass is 32.2. The molecule has 1 fully saturated rings. The van der Waals surface area contributed by atoms with E-state index >= 15 is 0 Å². The molecule has 3 atom stereocenters. The lowest BCUT2D eigenvalue weighted by molar-refractivity contribution is 0.374. The van der Waals surface area contributed by atoms with E-state index in [1.807, 2.05) is 13.8 Å². The molecular formula is C13H22N2OS2. The third kappa shape index (κ3) is 3.87. The van der Waals surface area contributed by atoms with Gasteiger partial charge in [0.2, 0.25) is 0 Å². The second kappa shape index (κ2) is 6.78. The molecule has 0 aromatic carbocycles. The van der Waals surface area contributed by atoms with E-state index in [2.05, 4.69) is 15.7 Å². The van der Waals surface area contributed by atoms with Crippen molar-refractivity contribution in [1.29, 1.82) is 0 Å². The van der Waals surface area contributed by atoms with Gasteiger partial charge in [-0.1, -0.05) is 13.3 Å². The first-order valence-electron chi connectivity index (χ1n) is 6.70. The van der Waals surface area contributed by atoms with Crippen LogP contribution in [0, 0.1) is 6.92 Å². The fraction of sp³-hybridized carbons (Fsp3) is 0.769. The van der Waals surface area contributed by atoms with E-state index in [-0.39, 0.29) is 0 Å². The number of thiazole rings is 1. The van der Waals surface area contributed by atoms with Crippen molar-refractivity contribution in [1.82, 2.24) is 10.3 Å². The second-order valence-electron chi connectivity index (χ2n) is 4.89. The van der Waals surface area contributed by atoms with Gasteiger partial charge >= 0.3 is 0 Å². The Morgan fingerprint density at radius 1 is 1.56 bits per heavy atom. The molecular weight excluding hydrogens is 264 g/mol. The molecule has 0 amide bonds. The van der Waals surface area contributed by atoms with Gasteiger partial charge in [0, 0.05) is 39.8 Å². The number of nitrogens with zero attached hydrogens (tertiary/aromatic N) is 1. The Balaban J connectivity index is 1.80. The lowest BCUT2D eigenvalue weighted by atomic mass is 9.95. The monoisotopic (exact) mass is 286 g/mol. The number of hydrogen-bond donors (Lipinski definition) is 1. The minimum Gasteiger partial charge on any atom is -0.308 e. The first-order valence-corrected chi connectivity index (χ1v) is 8.96. The molecule has 1 saturated carbocycles. The number of aryl methyl sites for hydroxylation is 1. The zero-order valence-electron chi connectivity index (χ0n) is 11.1. The summed E-state index contributed by atoms with van der Waals surface area (Å²) in [4.78, 5) is 4.46. The number of rotatable bonds is 5. The number of aromatic nitrogens is 1. The lowest BCUT2D eigenvalue weighted by Gasteiger charge is -2.29. The van der Waals surface area contributed by atoms with Crippen LogP contribution < -0.4 is 5.32 Å². The molecule has 2 rings (SSSR count). The van der Waals surface area contributed by atoms with Crippen LogP contribution in [0.3, 0.4) is 0 Å². The molecule has 3 nitrogen and oxygen atoms in total. The summed E-state index contributed by atoms with van der Waals surface area (Å²) in [7, 11) is -0.632. The van der Waals surface area contributed by atoms with Gasteiger partial charge in [0.05, 0.1) is 10.7 Å². The lowest BCUT2D eigenvalue weighted by Crippen LogP contribution is -2.37. The smallest absolute Gasteiger partial charge is 0.0897 e. The van der Waals surface area contributed by atoms with Crippen LogP contribution in [0.25, 0.3) is 0 Å². The van der Waals surface area contributed by atoms with Crippen molar-refractivity contribution in [3.05, 3.63) is 16.1 Å². The number of hydrogen-bond acceptors (Lipinski definition) is 4. The van der Waals surface area contributed by atoms with Crippen LogP contribution in [0.5, 0.6) is 0 Å². The van der Waals surface area contributed by atoms with Crippen molar-refractivity contribution in [3.63, 3.8) is 0 Å². The second-order valence-corrected chi connectivity index (χ2v) is 7.96. The van der Waals surface area contributed by atoms with E-state index in [1.165, 1.54) is 12.8 Å². The van der Waals surface area contributed by atoms with Gasteiger partial charge in [0.15, 0.2) is 0 Å². The first-order chi connectivity index (χ1) is 8.69. The molecule has 0 radical (unpaired) electrons. The Morgan fingerprint density at radius 3 is 3.06 bits per heavy atom. The first kappa shape index (κ1) is 14.2. The normalized spacial score (nSPS) is 26.1. The highest BCUT2D eigenvalue weighted by molar-refractivity contribution is 7.85. The summed E-state index contributed by atoms with van der Waals surface area (Å²) in [6.45, 7) is 4.90. The van der Waals surface area contributed by atoms with Crippen LogP contribution in [0.4, 0.5) is 0 Å². The average molecular weight is 286 g/mol. The number of nitrogens with one attached hydrogen (secondary N) is 1. The Hall–Kier alpha value is -0.260. The maximum Gasteiger partial charge on any atom is 0.0897 e. The molecule has 1 aromatic rings. The van der Waals surface area contributed by atoms with Gasteiger partial charge in [-0.2, -0.15) is 0 Å². The average Bonchev–Trinajstić information content (AvgIpc) is 2.81. The summed E-state index contributed by atoms with van der Waals surface area (Å²) in [6, 6.07) is 0.515. The van der Waals surface area contributed by atoms with E-state index in [4.69, 9.17) is 0 Å². The van der Waals surface area contributed by atoms with Crippen molar-refractivity contribution in [2.24, 2.45) is 0 Å². The third-order valence-electron chi connectivity index (χ3n) is 3.52. The molecule has 1 N–H and O–H groups in total. The SMILES string of the molecule is CC[S@@](=O)[C@H]1CCC[C@H](NCc2csc(C)n2)C1. The highest BCUT2D eigenvalue weighted by Crippen LogP contribution is 2.23. The minimum atomic E-state index is -0.632. The van der Waals surface area contributed by atoms with Crippen LogP contribution >= 0.6 is 11.3 Å². The molecule has 1 aromatic heterocycles. The fourth-order valence-electron chi connectivity index (χ4n) is 2.54. The van der Waals surface area contributed by atoms with Crippen LogP contribution in [-0.2, 0) is 17.3 Å². The van der Waals surface area contributed by atoms with Gasteiger partial charge < -0.3 is 5.32 Å². The summed E-state index contributed by atoms with van der Waals surface area (Å²) in [5, 5.41) is 7.21. The Morgan fingerprint density at radius 2 is 2.39 bits per heavy atom. The molecule has 0 aliphatic heterocycles. The van der Waals surface area contributed by atoms with E-state index in [1.54, 1.807) is 11.3 Å². The molecule has 0 bridgehead atoms. The van der Waals surface area contributed by atoms with Crippen molar-refractivity contribution in [2.75, 3.05) is 5.75 Å². The van der Waals surface area contributed by atoms with E-state index in [9.17, 15) is 4.21 Å². The fourth-order valence-corrected chi connectivity index (χ4v) is 4.50. The van der Waals surface area contributed by atoms with Crippen LogP contribution in [0.2, 0.25) is 0 Å². The topological polar surface area (TPSA) is 42.0 Å². The summed E-state index contributed by atoms with van der Waals surface area (Å²) in [5.74, 6) is 0.794. The third-order valence-corrected chi connectivity index (χ3v) is 6.08. The minimum absolute atomic E-state index is 0.401. The van der Waals surface area contributed by atoms with Gasteiger partial charge in [0.1, 0.15) is 0 Å². The van der Waals surface area contributed by atoms with E-state index < -0.39 is 10.8 Å². The van der Waals surface area contributed by atoms with Gasteiger partial charge in [-0.15, -0.1) is 11.3 Å². The van der Waals surface area contributed by atoms with Crippen molar-refractivity contribution < 1.29 is 4.21 Å². The van der Waals surface area contributed by atoms with Crippen molar-refractivity contribution in [2.45, 2.75) is 57.4 Å². The molecule has 1 aliphatic carbocycles. The van der Waals surface area contributed by atoms with Gasteiger partial charge in [0.25, 0.3) is 0 Å². The van der Waals surface area contributed by atoms with E-state index in [0.29, 0.717) is 11.3 Å². The zero-order valence-corrected chi connectivity index (χ0v) is 12.8. The molecule has 1 heterocycles. The Bertz CT molecular complexity index is 405. The maximum atomic E-state index is 11.9. The van der Waals surface area contributed by atoms with Crippen molar-refractivity contribution in [3.8, 4) is 0 Å². The van der Waals surface area contributed by atoms with Gasteiger partial charge in [-0.3, -0.25) is 4.21 Å². The summed E-state index contributed by atoms with van der Waals surface area (Å²) in [5.41, 5.74) is 1.14. The molecule has 0 saturated heterocycles. The largest absolute Gasteiger partial charge is 0.308 e. The molecule has 1 aliphatic rings. The highest BCUT2D eigenvalue weighted by Gasteiger charge is 2.25. The predicted octanol–water partition coefficient (Wildman–Crippen LogP) is 2.62. The summed E-state index contributed by atoms with van der Waals surface area (Å²) >= 11 is 1.70. The van der Waals surface area contributed by atoms with Crippen LogP contribution in [0.15, 0.2) is 5.38 Å². The van der Waals surface area contributed by atoms with Gasteiger partial charge in [-0.25, -0.2) is 4.98 Å². The molecule has 102 valence electrons. The predicted molar refractivity (Wildman–Crippen MR) is 78.4 cm³/mol. The maximum absolute atomic E-state index is 11.9. The summed E-state index contributed by atoms with van der Waals surface area (Å²) < 4.78 is 11.9. The van der Waals surface area contributed by atoms with E-state index in [0.717, 1.165) is 35.8 Å². The molecule has 0 spiro atoms. The van der Waals surface area contributed by atoms with Crippen molar-refractivity contribution >= 4 is 22.1 Å². The zero-order chi connectivity index (χ0) is 13.0. The summed E-state index contributed by atoms with van der Waals surface area (Å²) in [6.07, 6.45) is 4.60. The molecule has 5 heteroatoms. The quantitative estimate of drug-likeness (QED) is 0.905. The van der Waals surface area contributed by atoms with Crippen LogP contribution in [-0.4, -0.2) is 26.2 Å². The van der Waals surface area contributed by atoms with Crippen LogP contribution in [0.1, 0.15) is 43.3 Å². The standard InChI is InChI=1S/C13H22N2OS2/c1-3-18(16)13-6-4-5-11(7-13)14-8-12-9-17-10(2)15-12/h9,11,13-14H,3-8H2,1-2H3/t11-,13-,18+/m0/s1. The molecule has 0 unspecified atom stereocenters. The van der Waals surface area contributed by atoms with Gasteiger partial charge in [-0.05, 0) is 26.2 Å².